The first-order valence-electron chi connectivity index (χ1n) is 9.30. The van der Waals surface area contributed by atoms with E-state index in [0.29, 0.717) is 12.4 Å². The van der Waals surface area contributed by atoms with Crippen molar-refractivity contribution in [3.63, 3.8) is 0 Å². The molecular formula is C21H18N6S. The Morgan fingerprint density at radius 1 is 0.929 bits per heavy atom. The monoisotopic (exact) mass is 386 g/mol. The first-order valence-corrected chi connectivity index (χ1v) is 10.1. The molecule has 28 heavy (non-hydrogen) atoms. The first kappa shape index (κ1) is 16.9. The van der Waals surface area contributed by atoms with Gasteiger partial charge in [-0.15, -0.1) is 10.2 Å². The van der Waals surface area contributed by atoms with Gasteiger partial charge >= 0.3 is 0 Å². The Balaban J connectivity index is 1.40. The molecule has 0 radical (unpaired) electrons. The minimum atomic E-state index is 0.593. The Kier molecular flexibility index (Phi) is 4.50. The van der Waals surface area contributed by atoms with Gasteiger partial charge in [0.25, 0.3) is 0 Å². The van der Waals surface area contributed by atoms with Crippen molar-refractivity contribution in [2.24, 2.45) is 0 Å². The van der Waals surface area contributed by atoms with Crippen molar-refractivity contribution in [3.05, 3.63) is 71.0 Å². The van der Waals surface area contributed by atoms with Crippen molar-refractivity contribution in [3.8, 4) is 22.1 Å². The number of rotatable bonds is 5. The average molecular weight is 386 g/mol. The van der Waals surface area contributed by atoms with E-state index in [4.69, 9.17) is 9.97 Å². The molecule has 0 saturated heterocycles. The minimum absolute atomic E-state index is 0.593. The first-order chi connectivity index (χ1) is 13.9. The van der Waals surface area contributed by atoms with Crippen LogP contribution in [0.15, 0.2) is 54.7 Å². The fourth-order valence-electron chi connectivity index (χ4n) is 3.37. The normalized spacial score (nSPS) is 12.7. The summed E-state index contributed by atoms with van der Waals surface area (Å²) in [6.45, 7) is 0.593. The van der Waals surface area contributed by atoms with Crippen LogP contribution in [-0.4, -0.2) is 25.1 Å². The van der Waals surface area contributed by atoms with Crippen LogP contribution in [0.25, 0.3) is 22.1 Å². The highest BCUT2D eigenvalue weighted by Gasteiger charge is 2.20. The highest BCUT2D eigenvalue weighted by atomic mass is 32.1. The molecule has 0 atom stereocenters. The van der Waals surface area contributed by atoms with Crippen LogP contribution in [-0.2, 0) is 19.4 Å². The number of pyridine rings is 1. The lowest BCUT2D eigenvalue weighted by molar-refractivity contribution is 0.899. The lowest BCUT2D eigenvalue weighted by atomic mass is 10.2. The standard InChI is InChI=1S/C21H18N6S/c1-2-7-14(8-3-1)21-27-26-18(28-21)13-23-19-15-9-6-11-16(15)24-20(25-19)17-10-4-5-12-22-17/h1-5,7-8,10,12H,6,9,11,13H2,(H,23,24,25). The molecule has 1 N–H and O–H groups in total. The third kappa shape index (κ3) is 3.36. The van der Waals surface area contributed by atoms with Crippen LogP contribution in [0.4, 0.5) is 5.82 Å². The molecule has 0 amide bonds. The second kappa shape index (κ2) is 7.44. The molecule has 0 spiro atoms. The van der Waals surface area contributed by atoms with Crippen LogP contribution in [0.1, 0.15) is 22.7 Å². The minimum Gasteiger partial charge on any atom is -0.363 e. The third-order valence-corrected chi connectivity index (χ3v) is 5.69. The van der Waals surface area contributed by atoms with Crippen molar-refractivity contribution in [2.45, 2.75) is 25.8 Å². The topological polar surface area (TPSA) is 76.5 Å². The van der Waals surface area contributed by atoms with Gasteiger partial charge in [-0.2, -0.15) is 0 Å². The molecule has 5 rings (SSSR count). The van der Waals surface area contributed by atoms with Gasteiger partial charge in [0, 0.05) is 23.0 Å². The fraction of sp³-hybridized carbons (Fsp3) is 0.190. The van der Waals surface area contributed by atoms with E-state index >= 15 is 0 Å². The Morgan fingerprint density at radius 3 is 2.68 bits per heavy atom. The maximum Gasteiger partial charge on any atom is 0.180 e. The van der Waals surface area contributed by atoms with E-state index in [1.165, 1.54) is 5.56 Å². The van der Waals surface area contributed by atoms with Crippen LogP contribution in [0.3, 0.4) is 0 Å². The van der Waals surface area contributed by atoms with Gasteiger partial charge in [-0.05, 0) is 31.4 Å². The molecule has 1 aliphatic rings. The van der Waals surface area contributed by atoms with Gasteiger partial charge in [-0.3, -0.25) is 4.98 Å². The molecule has 3 heterocycles. The molecular weight excluding hydrogens is 368 g/mol. The molecule has 138 valence electrons. The quantitative estimate of drug-likeness (QED) is 0.555. The van der Waals surface area contributed by atoms with Crippen molar-refractivity contribution in [1.82, 2.24) is 25.1 Å². The number of nitrogens with zero attached hydrogens (tertiary/aromatic N) is 5. The van der Waals surface area contributed by atoms with Crippen LogP contribution in [0, 0.1) is 0 Å². The zero-order valence-corrected chi connectivity index (χ0v) is 16.0. The van der Waals surface area contributed by atoms with Gasteiger partial charge < -0.3 is 5.32 Å². The molecule has 0 bridgehead atoms. The molecule has 0 fully saturated rings. The Hall–Kier alpha value is -3.19. The van der Waals surface area contributed by atoms with E-state index in [0.717, 1.165) is 52.0 Å². The van der Waals surface area contributed by atoms with Crippen LogP contribution in [0.5, 0.6) is 0 Å². The molecule has 6 nitrogen and oxygen atoms in total. The average Bonchev–Trinajstić information content (AvgIpc) is 3.43. The number of fused-ring (bicyclic) bond motifs is 1. The summed E-state index contributed by atoms with van der Waals surface area (Å²) in [5.74, 6) is 1.56. The molecule has 7 heteroatoms. The second-order valence-electron chi connectivity index (χ2n) is 6.61. The summed E-state index contributed by atoms with van der Waals surface area (Å²) in [5.41, 5.74) is 4.22. The Labute approximate surface area is 166 Å². The molecule has 3 aromatic heterocycles. The number of aromatic nitrogens is 5. The molecule has 1 aromatic carbocycles. The van der Waals surface area contributed by atoms with Crippen molar-refractivity contribution in [2.75, 3.05) is 5.32 Å². The van der Waals surface area contributed by atoms with E-state index in [9.17, 15) is 0 Å². The van der Waals surface area contributed by atoms with E-state index in [1.807, 2.05) is 48.5 Å². The van der Waals surface area contributed by atoms with E-state index in [2.05, 4.69) is 20.5 Å². The number of aryl methyl sites for hydroxylation is 1. The second-order valence-corrected chi connectivity index (χ2v) is 7.67. The molecule has 0 aliphatic heterocycles. The molecule has 4 aromatic rings. The van der Waals surface area contributed by atoms with Gasteiger partial charge in [0.05, 0.1) is 6.54 Å². The predicted molar refractivity (Wildman–Crippen MR) is 110 cm³/mol. The number of benzene rings is 1. The largest absolute Gasteiger partial charge is 0.363 e. The van der Waals surface area contributed by atoms with E-state index in [-0.39, 0.29) is 0 Å². The fourth-order valence-corrected chi connectivity index (χ4v) is 4.15. The predicted octanol–water partition coefficient (Wildman–Crippen LogP) is 4.16. The summed E-state index contributed by atoms with van der Waals surface area (Å²) in [6, 6.07) is 15.9. The van der Waals surface area contributed by atoms with Crippen molar-refractivity contribution < 1.29 is 0 Å². The van der Waals surface area contributed by atoms with Crippen LogP contribution < -0.4 is 5.32 Å². The highest BCUT2D eigenvalue weighted by molar-refractivity contribution is 7.14. The number of anilines is 1. The molecule has 0 saturated carbocycles. The highest BCUT2D eigenvalue weighted by Crippen LogP contribution is 2.29. The maximum absolute atomic E-state index is 4.77. The summed E-state index contributed by atoms with van der Waals surface area (Å²) in [6.07, 6.45) is 4.88. The summed E-state index contributed by atoms with van der Waals surface area (Å²) >= 11 is 1.60. The lowest BCUT2D eigenvalue weighted by Crippen LogP contribution is -2.07. The van der Waals surface area contributed by atoms with Gasteiger partial charge in [0.2, 0.25) is 0 Å². The summed E-state index contributed by atoms with van der Waals surface area (Å²) < 4.78 is 0. The Morgan fingerprint density at radius 2 is 1.82 bits per heavy atom. The van der Waals surface area contributed by atoms with Gasteiger partial charge in [-0.25, -0.2) is 9.97 Å². The summed E-state index contributed by atoms with van der Waals surface area (Å²) in [7, 11) is 0. The third-order valence-electron chi connectivity index (χ3n) is 4.72. The lowest BCUT2D eigenvalue weighted by Gasteiger charge is -2.11. The zero-order valence-electron chi connectivity index (χ0n) is 15.2. The van der Waals surface area contributed by atoms with E-state index < -0.39 is 0 Å². The molecule has 0 unspecified atom stereocenters. The SMILES string of the molecule is c1ccc(-c2nnc(CNc3nc(-c4ccccn4)nc4c3CCC4)s2)cc1. The van der Waals surface area contributed by atoms with Gasteiger partial charge in [-0.1, -0.05) is 47.7 Å². The number of hydrogen-bond donors (Lipinski definition) is 1. The summed E-state index contributed by atoms with van der Waals surface area (Å²) in [5, 5.41) is 14.0. The van der Waals surface area contributed by atoms with Crippen molar-refractivity contribution in [1.29, 1.82) is 0 Å². The van der Waals surface area contributed by atoms with Gasteiger partial charge in [0.15, 0.2) is 5.82 Å². The number of nitrogens with one attached hydrogen (secondary N) is 1. The van der Waals surface area contributed by atoms with Gasteiger partial charge in [0.1, 0.15) is 21.5 Å². The van der Waals surface area contributed by atoms with E-state index in [1.54, 1.807) is 17.5 Å². The Bertz CT molecular complexity index is 1090. The maximum atomic E-state index is 4.77. The smallest absolute Gasteiger partial charge is 0.180 e. The molecule has 1 aliphatic carbocycles. The number of hydrogen-bond acceptors (Lipinski definition) is 7. The zero-order chi connectivity index (χ0) is 18.8. The summed E-state index contributed by atoms with van der Waals surface area (Å²) in [4.78, 5) is 13.9. The van der Waals surface area contributed by atoms with Crippen LogP contribution in [0.2, 0.25) is 0 Å². The van der Waals surface area contributed by atoms with Crippen LogP contribution >= 0.6 is 11.3 Å². The van der Waals surface area contributed by atoms with Crippen molar-refractivity contribution >= 4 is 17.2 Å².